The number of carbonyl (C=O) groups excluding carboxylic acids is 1. The SMILES string of the molecule is O=C(c1cccc(B(O)O)c1)N1Cc2ccc(O)cc2C2(CC2)C1. The van der Waals surface area contributed by atoms with Gasteiger partial charge >= 0.3 is 7.12 Å². The lowest BCUT2D eigenvalue weighted by atomic mass is 9.79. The van der Waals surface area contributed by atoms with Crippen LogP contribution in [0.25, 0.3) is 0 Å². The molecule has 2 aromatic carbocycles. The number of hydrogen-bond acceptors (Lipinski definition) is 4. The predicted octanol–water partition coefficient (Wildman–Crippen LogP) is 0.760. The van der Waals surface area contributed by atoms with E-state index in [1.165, 1.54) is 6.07 Å². The van der Waals surface area contributed by atoms with Gasteiger partial charge in [-0.2, -0.15) is 0 Å². The number of amides is 1. The van der Waals surface area contributed by atoms with E-state index in [1.807, 2.05) is 17.0 Å². The molecular formula is C18H18BNO4. The van der Waals surface area contributed by atoms with E-state index in [2.05, 4.69) is 0 Å². The van der Waals surface area contributed by atoms with E-state index in [1.54, 1.807) is 24.3 Å². The highest BCUT2D eigenvalue weighted by atomic mass is 16.4. The van der Waals surface area contributed by atoms with Crippen LogP contribution in [0, 0.1) is 0 Å². The fourth-order valence-corrected chi connectivity index (χ4v) is 3.64. The van der Waals surface area contributed by atoms with Crippen LogP contribution in [0.4, 0.5) is 0 Å². The van der Waals surface area contributed by atoms with Crippen LogP contribution >= 0.6 is 0 Å². The van der Waals surface area contributed by atoms with E-state index in [9.17, 15) is 19.9 Å². The monoisotopic (exact) mass is 323 g/mol. The molecule has 5 nitrogen and oxygen atoms in total. The number of fused-ring (bicyclic) bond motifs is 2. The van der Waals surface area contributed by atoms with Crippen LogP contribution in [0.15, 0.2) is 42.5 Å². The summed E-state index contributed by atoms with van der Waals surface area (Å²) >= 11 is 0. The fourth-order valence-electron chi connectivity index (χ4n) is 3.64. The van der Waals surface area contributed by atoms with Gasteiger partial charge in [0.05, 0.1) is 0 Å². The molecule has 122 valence electrons. The van der Waals surface area contributed by atoms with Gasteiger partial charge in [0.25, 0.3) is 5.91 Å². The summed E-state index contributed by atoms with van der Waals surface area (Å²) in [7, 11) is -1.59. The molecule has 1 aliphatic carbocycles. The number of nitrogens with zero attached hydrogens (tertiary/aromatic N) is 1. The molecule has 1 aliphatic heterocycles. The highest BCUT2D eigenvalue weighted by Gasteiger charge is 2.50. The highest BCUT2D eigenvalue weighted by Crippen LogP contribution is 2.53. The zero-order valence-electron chi connectivity index (χ0n) is 13.1. The Hall–Kier alpha value is -2.31. The Bertz CT molecular complexity index is 816. The Morgan fingerprint density at radius 3 is 2.62 bits per heavy atom. The molecule has 1 fully saturated rings. The minimum Gasteiger partial charge on any atom is -0.508 e. The van der Waals surface area contributed by atoms with E-state index < -0.39 is 7.12 Å². The molecule has 0 aromatic heterocycles. The second kappa shape index (κ2) is 5.36. The van der Waals surface area contributed by atoms with Gasteiger partial charge in [-0.15, -0.1) is 0 Å². The topological polar surface area (TPSA) is 81.0 Å². The van der Waals surface area contributed by atoms with Gasteiger partial charge < -0.3 is 20.1 Å². The maximum Gasteiger partial charge on any atom is 0.488 e. The summed E-state index contributed by atoms with van der Waals surface area (Å²) in [6.45, 7) is 1.14. The number of rotatable bonds is 2. The third-order valence-electron chi connectivity index (χ3n) is 5.09. The highest BCUT2D eigenvalue weighted by molar-refractivity contribution is 6.58. The lowest BCUT2D eigenvalue weighted by Gasteiger charge is -2.35. The summed E-state index contributed by atoms with van der Waals surface area (Å²) in [5, 5.41) is 28.3. The van der Waals surface area contributed by atoms with Gasteiger partial charge in [0.1, 0.15) is 5.75 Å². The third kappa shape index (κ3) is 2.48. The molecule has 2 aromatic rings. The standard InChI is InChI=1S/C18H18BNO4/c21-15-5-4-13-10-20(11-18(6-7-18)16(13)9-15)17(22)12-2-1-3-14(8-12)19(23)24/h1-5,8-9,21,23-24H,6-7,10-11H2. The minimum atomic E-state index is -1.59. The Morgan fingerprint density at radius 2 is 1.92 bits per heavy atom. The largest absolute Gasteiger partial charge is 0.508 e. The van der Waals surface area contributed by atoms with E-state index in [0.29, 0.717) is 24.1 Å². The molecule has 0 unspecified atom stereocenters. The molecular weight excluding hydrogens is 305 g/mol. The normalized spacial score (nSPS) is 17.5. The van der Waals surface area contributed by atoms with Crippen LogP contribution < -0.4 is 5.46 Å². The molecule has 0 bridgehead atoms. The Balaban J connectivity index is 1.65. The molecule has 24 heavy (non-hydrogen) atoms. The van der Waals surface area contributed by atoms with E-state index >= 15 is 0 Å². The molecule has 1 heterocycles. The average molecular weight is 323 g/mol. The number of aromatic hydroxyl groups is 1. The number of phenolic OH excluding ortho intramolecular Hbond substituents is 1. The molecule has 1 amide bonds. The zero-order chi connectivity index (χ0) is 16.9. The number of phenols is 1. The Morgan fingerprint density at radius 1 is 1.12 bits per heavy atom. The number of carbonyl (C=O) groups is 1. The van der Waals surface area contributed by atoms with E-state index in [4.69, 9.17) is 0 Å². The maximum atomic E-state index is 12.9. The quantitative estimate of drug-likeness (QED) is 0.713. The summed E-state index contributed by atoms with van der Waals surface area (Å²) in [6.07, 6.45) is 2.03. The zero-order valence-corrected chi connectivity index (χ0v) is 13.1. The van der Waals surface area contributed by atoms with Gasteiger partial charge in [0, 0.05) is 24.1 Å². The first kappa shape index (κ1) is 15.2. The van der Waals surface area contributed by atoms with Crippen molar-refractivity contribution < 1.29 is 19.9 Å². The maximum absolute atomic E-state index is 12.9. The molecule has 2 aliphatic rings. The van der Waals surface area contributed by atoms with Crippen LogP contribution in [0.5, 0.6) is 5.75 Å². The first-order chi connectivity index (χ1) is 11.5. The van der Waals surface area contributed by atoms with Gasteiger partial charge in [-0.3, -0.25) is 4.79 Å². The van der Waals surface area contributed by atoms with Crippen molar-refractivity contribution in [3.63, 3.8) is 0 Å². The Kier molecular flexibility index (Phi) is 3.40. The molecule has 0 saturated heterocycles. The number of benzene rings is 2. The number of hydrogen-bond donors (Lipinski definition) is 3. The van der Waals surface area contributed by atoms with Crippen molar-refractivity contribution in [1.82, 2.24) is 4.90 Å². The average Bonchev–Trinajstić information content (AvgIpc) is 3.35. The van der Waals surface area contributed by atoms with Crippen LogP contribution in [0.3, 0.4) is 0 Å². The van der Waals surface area contributed by atoms with Crippen LogP contribution in [-0.2, 0) is 12.0 Å². The van der Waals surface area contributed by atoms with Crippen molar-refractivity contribution in [2.75, 3.05) is 6.54 Å². The van der Waals surface area contributed by atoms with Crippen molar-refractivity contribution >= 4 is 18.5 Å². The first-order valence-electron chi connectivity index (χ1n) is 8.06. The summed E-state index contributed by atoms with van der Waals surface area (Å²) in [4.78, 5) is 14.7. The van der Waals surface area contributed by atoms with Crippen molar-refractivity contribution in [3.05, 3.63) is 59.2 Å². The van der Waals surface area contributed by atoms with Gasteiger partial charge in [-0.05, 0) is 53.7 Å². The molecule has 1 spiro atoms. The van der Waals surface area contributed by atoms with Gasteiger partial charge in [0.2, 0.25) is 0 Å². The van der Waals surface area contributed by atoms with E-state index in [0.717, 1.165) is 24.0 Å². The van der Waals surface area contributed by atoms with Gasteiger partial charge in [0.15, 0.2) is 0 Å². The van der Waals surface area contributed by atoms with Crippen molar-refractivity contribution in [2.45, 2.75) is 24.8 Å². The summed E-state index contributed by atoms with van der Waals surface area (Å²) < 4.78 is 0. The van der Waals surface area contributed by atoms with Gasteiger partial charge in [-0.25, -0.2) is 0 Å². The lowest BCUT2D eigenvalue weighted by molar-refractivity contribution is 0.0709. The van der Waals surface area contributed by atoms with Crippen LogP contribution in [0.2, 0.25) is 0 Å². The smallest absolute Gasteiger partial charge is 0.488 e. The van der Waals surface area contributed by atoms with Crippen molar-refractivity contribution in [3.8, 4) is 5.75 Å². The minimum absolute atomic E-state index is 0.0317. The van der Waals surface area contributed by atoms with Crippen molar-refractivity contribution in [1.29, 1.82) is 0 Å². The molecule has 6 heteroatoms. The van der Waals surface area contributed by atoms with Crippen molar-refractivity contribution in [2.24, 2.45) is 0 Å². The van der Waals surface area contributed by atoms with Gasteiger partial charge in [-0.1, -0.05) is 18.2 Å². The van der Waals surface area contributed by atoms with E-state index in [-0.39, 0.29) is 17.1 Å². The second-order valence-corrected chi connectivity index (χ2v) is 6.78. The molecule has 3 N–H and O–H groups in total. The Labute approximate surface area is 140 Å². The molecule has 4 rings (SSSR count). The summed E-state index contributed by atoms with van der Waals surface area (Å²) in [5.74, 6) is 0.159. The lowest BCUT2D eigenvalue weighted by Crippen LogP contribution is -2.42. The molecule has 1 saturated carbocycles. The molecule has 0 radical (unpaired) electrons. The predicted molar refractivity (Wildman–Crippen MR) is 90.0 cm³/mol. The second-order valence-electron chi connectivity index (χ2n) is 6.78. The molecule has 0 atom stereocenters. The fraction of sp³-hybridized carbons (Fsp3) is 0.278. The van der Waals surface area contributed by atoms with Crippen LogP contribution in [0.1, 0.15) is 34.3 Å². The van der Waals surface area contributed by atoms with Crippen LogP contribution in [-0.4, -0.2) is 39.6 Å². The summed E-state index contributed by atoms with van der Waals surface area (Å²) in [6, 6.07) is 11.8. The summed E-state index contributed by atoms with van der Waals surface area (Å²) in [5.41, 5.74) is 2.97. The first-order valence-corrected chi connectivity index (χ1v) is 8.06. The third-order valence-corrected chi connectivity index (χ3v) is 5.09.